The lowest BCUT2D eigenvalue weighted by Crippen LogP contribution is -2.38. The molecule has 1 aromatic rings. The van der Waals surface area contributed by atoms with E-state index in [0.29, 0.717) is 17.8 Å². The van der Waals surface area contributed by atoms with E-state index in [0.717, 1.165) is 15.7 Å². The van der Waals surface area contributed by atoms with Gasteiger partial charge in [0, 0.05) is 24.2 Å². The molecule has 0 fully saturated rings. The fourth-order valence-corrected chi connectivity index (χ4v) is 4.88. The Kier molecular flexibility index (Phi) is 6.30. The Morgan fingerprint density at radius 2 is 2.14 bits per heavy atom. The van der Waals surface area contributed by atoms with E-state index >= 15 is 0 Å². The Morgan fingerprint density at radius 1 is 1.39 bits per heavy atom. The number of allylic oxidation sites excluding steroid dienone is 1. The molecule has 0 aliphatic carbocycles. The zero-order valence-electron chi connectivity index (χ0n) is 16.8. The lowest BCUT2D eigenvalue weighted by molar-refractivity contribution is -0.143. The Labute approximate surface area is 173 Å². The first kappa shape index (κ1) is 20.7. The van der Waals surface area contributed by atoms with E-state index in [4.69, 9.17) is 4.74 Å². The zero-order valence-corrected chi connectivity index (χ0v) is 18.4. The van der Waals surface area contributed by atoms with Gasteiger partial charge in [-0.2, -0.15) is 0 Å². The third-order valence-corrected chi connectivity index (χ3v) is 6.42. The van der Waals surface area contributed by atoms with Crippen LogP contribution in [0.1, 0.15) is 45.0 Å². The van der Waals surface area contributed by atoms with Crippen molar-refractivity contribution in [3.8, 4) is 0 Å². The van der Waals surface area contributed by atoms with Crippen LogP contribution in [-0.4, -0.2) is 46.5 Å². The highest BCUT2D eigenvalue weighted by molar-refractivity contribution is 8.16. The Hall–Kier alpha value is -2.06. The van der Waals surface area contributed by atoms with Crippen LogP contribution in [0.3, 0.4) is 0 Å². The van der Waals surface area contributed by atoms with Crippen molar-refractivity contribution in [1.82, 2.24) is 9.80 Å². The lowest BCUT2D eigenvalue weighted by Gasteiger charge is -2.35. The summed E-state index contributed by atoms with van der Waals surface area (Å²) in [5.74, 6) is -0.319. The summed E-state index contributed by atoms with van der Waals surface area (Å²) in [7, 11) is 1.79. The minimum Gasteiger partial charge on any atom is -0.459 e. The van der Waals surface area contributed by atoms with Crippen LogP contribution in [0, 0.1) is 0 Å². The number of hydrogen-bond donors (Lipinski definition) is 0. The van der Waals surface area contributed by atoms with Crippen LogP contribution >= 0.6 is 23.1 Å². The minimum absolute atomic E-state index is 0.0399. The van der Waals surface area contributed by atoms with Gasteiger partial charge in [0.05, 0.1) is 23.8 Å². The molecule has 8 heteroatoms. The van der Waals surface area contributed by atoms with Gasteiger partial charge >= 0.3 is 5.97 Å². The predicted octanol–water partition coefficient (Wildman–Crippen LogP) is 4.14. The quantitative estimate of drug-likeness (QED) is 0.649. The third-order valence-electron chi connectivity index (χ3n) is 4.61. The standard InChI is InChI=1S/C20H25N3O3S2/c1-6-22(5)16(24)10-14-11-28-20-21-13(4)17(19(25)26-12(2)3)18(23(14)20)15-8-7-9-27-15/h7-9,11-12,18H,6,10H2,1-5H3. The fraction of sp³-hybridized carbons (Fsp3) is 0.450. The van der Waals surface area contributed by atoms with Crippen LogP contribution in [0.2, 0.25) is 0 Å². The molecule has 28 heavy (non-hydrogen) atoms. The maximum atomic E-state index is 12.9. The number of fused-ring (bicyclic) bond motifs is 1. The summed E-state index contributed by atoms with van der Waals surface area (Å²) < 4.78 is 5.52. The number of rotatable bonds is 6. The highest BCUT2D eigenvalue weighted by Crippen LogP contribution is 2.46. The normalized spacial score (nSPS) is 18.8. The molecule has 150 valence electrons. The number of amidine groups is 1. The number of thiophene rings is 1. The van der Waals surface area contributed by atoms with Gasteiger partial charge in [0.15, 0.2) is 5.17 Å². The highest BCUT2D eigenvalue weighted by atomic mass is 32.2. The van der Waals surface area contributed by atoms with Crippen molar-refractivity contribution in [2.24, 2.45) is 4.99 Å². The molecule has 3 rings (SSSR count). The molecule has 0 bridgehead atoms. The molecule has 2 aliphatic heterocycles. The second kappa shape index (κ2) is 8.53. The molecule has 6 nitrogen and oxygen atoms in total. The smallest absolute Gasteiger partial charge is 0.338 e. The van der Waals surface area contributed by atoms with Crippen molar-refractivity contribution in [2.45, 2.75) is 46.3 Å². The topological polar surface area (TPSA) is 62.2 Å². The van der Waals surface area contributed by atoms with Gasteiger partial charge in [-0.15, -0.1) is 11.3 Å². The van der Waals surface area contributed by atoms with E-state index in [-0.39, 0.29) is 30.4 Å². The third kappa shape index (κ3) is 4.03. The summed E-state index contributed by atoms with van der Waals surface area (Å²) in [6, 6.07) is 3.64. The van der Waals surface area contributed by atoms with Crippen LogP contribution in [0.4, 0.5) is 0 Å². The largest absolute Gasteiger partial charge is 0.459 e. The Balaban J connectivity index is 2.00. The average molecular weight is 420 g/mol. The Morgan fingerprint density at radius 3 is 2.75 bits per heavy atom. The number of nitrogens with zero attached hydrogens (tertiary/aromatic N) is 3. The van der Waals surface area contributed by atoms with Crippen molar-refractivity contribution < 1.29 is 14.3 Å². The van der Waals surface area contributed by atoms with Crippen molar-refractivity contribution >= 4 is 40.1 Å². The first-order chi connectivity index (χ1) is 13.3. The van der Waals surface area contributed by atoms with E-state index in [1.54, 1.807) is 23.3 Å². The van der Waals surface area contributed by atoms with Gasteiger partial charge in [0.1, 0.15) is 6.04 Å². The first-order valence-corrected chi connectivity index (χ1v) is 11.0. The van der Waals surface area contributed by atoms with Gasteiger partial charge in [-0.3, -0.25) is 4.79 Å². The summed E-state index contributed by atoms with van der Waals surface area (Å²) in [5, 5.41) is 4.74. The highest BCUT2D eigenvalue weighted by Gasteiger charge is 2.41. The maximum absolute atomic E-state index is 12.9. The number of amides is 1. The van der Waals surface area contributed by atoms with Crippen molar-refractivity contribution in [1.29, 1.82) is 0 Å². The van der Waals surface area contributed by atoms with Crippen LogP contribution in [0.15, 0.2) is 44.9 Å². The molecular weight excluding hydrogens is 394 g/mol. The van der Waals surface area contributed by atoms with Gasteiger partial charge in [-0.05, 0) is 44.5 Å². The zero-order chi connectivity index (χ0) is 20.4. The number of ether oxygens (including phenoxy) is 1. The van der Waals surface area contributed by atoms with Crippen molar-refractivity contribution in [3.63, 3.8) is 0 Å². The van der Waals surface area contributed by atoms with Gasteiger partial charge in [0.2, 0.25) is 5.91 Å². The van der Waals surface area contributed by atoms with Crippen molar-refractivity contribution in [3.05, 3.63) is 44.8 Å². The number of carbonyl (C=O) groups excluding carboxylic acids is 2. The number of thioether (sulfide) groups is 1. The summed E-state index contributed by atoms with van der Waals surface area (Å²) in [4.78, 5) is 34.8. The molecule has 0 radical (unpaired) electrons. The molecule has 1 atom stereocenters. The maximum Gasteiger partial charge on any atom is 0.338 e. The van der Waals surface area contributed by atoms with Crippen LogP contribution in [0.25, 0.3) is 0 Å². The molecule has 2 aliphatic rings. The lowest BCUT2D eigenvalue weighted by atomic mass is 9.99. The molecular formula is C20H25N3O3S2. The van der Waals surface area contributed by atoms with Crippen LogP contribution < -0.4 is 0 Å². The van der Waals surface area contributed by atoms with E-state index in [9.17, 15) is 9.59 Å². The molecule has 1 unspecified atom stereocenters. The van der Waals surface area contributed by atoms with Crippen LogP contribution in [0.5, 0.6) is 0 Å². The van der Waals surface area contributed by atoms with Gasteiger partial charge in [0.25, 0.3) is 0 Å². The second-order valence-electron chi connectivity index (χ2n) is 6.95. The number of aliphatic imine (C=N–C) groups is 1. The SMILES string of the molecule is CCN(C)C(=O)CC1=CSC2=NC(C)=C(C(=O)OC(C)C)C(c3cccs3)N12. The van der Waals surface area contributed by atoms with Crippen molar-refractivity contribution in [2.75, 3.05) is 13.6 Å². The van der Waals surface area contributed by atoms with E-state index < -0.39 is 0 Å². The molecule has 3 heterocycles. The first-order valence-electron chi connectivity index (χ1n) is 9.26. The molecule has 1 amide bonds. The molecule has 1 aromatic heterocycles. The monoisotopic (exact) mass is 419 g/mol. The summed E-state index contributed by atoms with van der Waals surface area (Å²) in [5.41, 5.74) is 2.05. The van der Waals surface area contributed by atoms with E-state index in [2.05, 4.69) is 4.99 Å². The molecule has 0 saturated carbocycles. The summed E-state index contributed by atoms with van der Waals surface area (Å²) >= 11 is 3.07. The minimum atomic E-state index is -0.359. The average Bonchev–Trinajstić information content (AvgIpc) is 3.29. The van der Waals surface area contributed by atoms with E-state index in [1.807, 2.05) is 55.5 Å². The van der Waals surface area contributed by atoms with E-state index in [1.165, 1.54) is 11.8 Å². The summed E-state index contributed by atoms with van der Waals surface area (Å²) in [6.45, 7) is 8.11. The molecule has 0 saturated heterocycles. The molecule has 0 N–H and O–H groups in total. The van der Waals surface area contributed by atoms with Gasteiger partial charge in [-0.25, -0.2) is 9.79 Å². The predicted molar refractivity (Wildman–Crippen MR) is 114 cm³/mol. The number of hydrogen-bond acceptors (Lipinski definition) is 7. The fourth-order valence-electron chi connectivity index (χ4n) is 3.09. The van der Waals surface area contributed by atoms with Gasteiger partial charge < -0.3 is 14.5 Å². The van der Waals surface area contributed by atoms with Gasteiger partial charge in [-0.1, -0.05) is 17.8 Å². The second-order valence-corrected chi connectivity index (χ2v) is 8.76. The number of esters is 1. The molecule has 0 spiro atoms. The molecule has 0 aromatic carbocycles. The number of carbonyl (C=O) groups is 2. The van der Waals surface area contributed by atoms with Crippen LogP contribution in [-0.2, 0) is 14.3 Å². The summed E-state index contributed by atoms with van der Waals surface area (Å²) in [6.07, 6.45) is 0.0500. The Bertz CT molecular complexity index is 856.